The van der Waals surface area contributed by atoms with Crippen molar-refractivity contribution in [2.45, 2.75) is 69.1 Å². The van der Waals surface area contributed by atoms with Crippen LogP contribution < -0.4 is 16.0 Å². The van der Waals surface area contributed by atoms with E-state index in [1.54, 1.807) is 0 Å². The average molecular weight is 572 g/mol. The van der Waals surface area contributed by atoms with Crippen LogP contribution in [0.2, 0.25) is 0 Å². The molecular formula is C32H37N5O5. The predicted molar refractivity (Wildman–Crippen MR) is 157 cm³/mol. The largest absolute Gasteiger partial charge is 0.348 e. The summed E-state index contributed by atoms with van der Waals surface area (Å²) in [5, 5.41) is 9.65. The molecule has 0 saturated carbocycles. The van der Waals surface area contributed by atoms with E-state index in [0.717, 1.165) is 28.4 Å². The Hall–Kier alpha value is -4.47. The molecule has 0 radical (unpaired) electrons. The van der Waals surface area contributed by atoms with Crippen molar-refractivity contribution in [1.82, 2.24) is 25.4 Å². The molecule has 0 bridgehead atoms. The molecule has 10 nitrogen and oxygen atoms in total. The molecular weight excluding hydrogens is 534 g/mol. The van der Waals surface area contributed by atoms with Crippen molar-refractivity contribution in [3.05, 3.63) is 71.9 Å². The molecule has 220 valence electrons. The van der Waals surface area contributed by atoms with Gasteiger partial charge in [-0.05, 0) is 48.8 Å². The number of nitrogens with zero attached hydrogens (tertiary/aromatic N) is 2. The minimum Gasteiger partial charge on any atom is -0.348 e. The SMILES string of the molecule is Cn1c(C[C@@H]2NC(=O)[C@H](CCCC=O)NC(=O)[C@H]3CCCN3C(=O)[C@H](Cc3ccccc3)NC2=O)cc2ccccc21. The zero-order chi connectivity index (χ0) is 29.6. The molecule has 3 aromatic rings. The molecule has 2 aliphatic heterocycles. The van der Waals surface area contributed by atoms with Gasteiger partial charge in [0.05, 0.1) is 0 Å². The molecule has 0 aliphatic carbocycles. The Labute approximate surface area is 244 Å². The van der Waals surface area contributed by atoms with Gasteiger partial charge in [-0.3, -0.25) is 19.2 Å². The number of benzene rings is 2. The molecule has 1 aromatic heterocycles. The quantitative estimate of drug-likeness (QED) is 0.281. The molecule has 2 saturated heterocycles. The van der Waals surface area contributed by atoms with E-state index < -0.39 is 41.9 Å². The fourth-order valence-corrected chi connectivity index (χ4v) is 6.00. The summed E-state index contributed by atoms with van der Waals surface area (Å²) in [5.41, 5.74) is 2.69. The van der Waals surface area contributed by atoms with Gasteiger partial charge >= 0.3 is 0 Å². The smallest absolute Gasteiger partial charge is 0.246 e. The van der Waals surface area contributed by atoms with E-state index in [1.165, 1.54) is 4.90 Å². The molecule has 2 fully saturated rings. The van der Waals surface area contributed by atoms with Crippen LogP contribution in [0.4, 0.5) is 0 Å². The lowest BCUT2D eigenvalue weighted by molar-refractivity contribution is -0.143. The lowest BCUT2D eigenvalue weighted by Gasteiger charge is -2.32. The number of aldehydes is 1. The minimum absolute atomic E-state index is 0.177. The van der Waals surface area contributed by atoms with Gasteiger partial charge in [-0.2, -0.15) is 0 Å². The molecule has 0 unspecified atom stereocenters. The summed E-state index contributed by atoms with van der Waals surface area (Å²) in [7, 11) is 1.91. The highest BCUT2D eigenvalue weighted by molar-refractivity contribution is 5.98. The van der Waals surface area contributed by atoms with E-state index in [1.807, 2.05) is 72.3 Å². The van der Waals surface area contributed by atoms with Crippen molar-refractivity contribution >= 4 is 40.8 Å². The van der Waals surface area contributed by atoms with Crippen LogP contribution in [0.1, 0.15) is 43.4 Å². The highest BCUT2D eigenvalue weighted by Gasteiger charge is 2.40. The molecule has 42 heavy (non-hydrogen) atoms. The number of carbonyl (C=O) groups excluding carboxylic acids is 5. The van der Waals surface area contributed by atoms with Gasteiger partial charge in [-0.15, -0.1) is 0 Å². The number of nitrogens with one attached hydrogen (secondary N) is 3. The van der Waals surface area contributed by atoms with Crippen LogP contribution in [0.15, 0.2) is 60.7 Å². The summed E-state index contributed by atoms with van der Waals surface area (Å²) in [4.78, 5) is 67.4. The molecule has 2 aromatic carbocycles. The number of unbranched alkanes of at least 4 members (excludes halogenated alkanes) is 1. The second kappa shape index (κ2) is 13.0. The van der Waals surface area contributed by atoms with Crippen LogP contribution >= 0.6 is 0 Å². The van der Waals surface area contributed by atoms with Crippen LogP contribution in [0.25, 0.3) is 10.9 Å². The third kappa shape index (κ3) is 6.37. The van der Waals surface area contributed by atoms with Crippen LogP contribution in [0, 0.1) is 0 Å². The van der Waals surface area contributed by atoms with E-state index >= 15 is 0 Å². The van der Waals surface area contributed by atoms with Gasteiger partial charge in [0.2, 0.25) is 23.6 Å². The third-order valence-corrected chi connectivity index (χ3v) is 8.28. The number of rotatable bonds is 8. The highest BCUT2D eigenvalue weighted by Crippen LogP contribution is 2.22. The van der Waals surface area contributed by atoms with Crippen molar-refractivity contribution in [3.63, 3.8) is 0 Å². The van der Waals surface area contributed by atoms with E-state index in [2.05, 4.69) is 16.0 Å². The molecule has 10 heteroatoms. The number of aromatic nitrogens is 1. The number of hydrogen-bond acceptors (Lipinski definition) is 5. The fourth-order valence-electron chi connectivity index (χ4n) is 6.00. The zero-order valence-electron chi connectivity index (χ0n) is 23.8. The van der Waals surface area contributed by atoms with Gasteiger partial charge < -0.3 is 30.2 Å². The first kappa shape index (κ1) is 29.0. The minimum atomic E-state index is -1.01. The lowest BCUT2D eigenvalue weighted by atomic mass is 10.0. The maximum absolute atomic E-state index is 13.9. The van der Waals surface area contributed by atoms with Gasteiger partial charge in [0.15, 0.2) is 0 Å². The Morgan fingerprint density at radius 2 is 1.52 bits per heavy atom. The molecule has 3 N–H and O–H groups in total. The second-order valence-corrected chi connectivity index (χ2v) is 11.1. The van der Waals surface area contributed by atoms with E-state index in [4.69, 9.17) is 0 Å². The number of amides is 4. The summed E-state index contributed by atoms with van der Waals surface area (Å²) in [5.74, 6) is -1.69. The third-order valence-electron chi connectivity index (χ3n) is 8.28. The predicted octanol–water partition coefficient (Wildman–Crippen LogP) is 1.79. The molecule has 4 atom stereocenters. The van der Waals surface area contributed by atoms with Gasteiger partial charge in [0, 0.05) is 44.1 Å². The average Bonchev–Trinajstić information content (AvgIpc) is 3.61. The molecule has 4 amide bonds. The highest BCUT2D eigenvalue weighted by atomic mass is 16.2. The van der Waals surface area contributed by atoms with E-state index in [0.29, 0.717) is 25.8 Å². The number of fused-ring (bicyclic) bond motifs is 2. The normalized spacial score (nSPS) is 23.4. The second-order valence-electron chi connectivity index (χ2n) is 11.1. The molecule has 5 rings (SSSR count). The first-order valence-electron chi connectivity index (χ1n) is 14.6. The summed E-state index contributed by atoms with van der Waals surface area (Å²) in [6.07, 6.45) is 3.18. The van der Waals surface area contributed by atoms with Crippen molar-refractivity contribution in [2.75, 3.05) is 6.54 Å². The van der Waals surface area contributed by atoms with Gasteiger partial charge in [0.25, 0.3) is 0 Å². The van der Waals surface area contributed by atoms with Crippen LogP contribution in [-0.4, -0.2) is 70.1 Å². The molecule has 2 aliphatic rings. The fraction of sp³-hybridized carbons (Fsp3) is 0.406. The first-order valence-corrected chi connectivity index (χ1v) is 14.6. The van der Waals surface area contributed by atoms with Crippen LogP contribution in [0.5, 0.6) is 0 Å². The Balaban J connectivity index is 1.50. The van der Waals surface area contributed by atoms with Crippen molar-refractivity contribution in [1.29, 1.82) is 0 Å². The number of hydrogen-bond donors (Lipinski definition) is 3. The topological polar surface area (TPSA) is 130 Å². The maximum atomic E-state index is 13.9. The Kier molecular flexibility index (Phi) is 9.00. The van der Waals surface area contributed by atoms with Crippen molar-refractivity contribution in [2.24, 2.45) is 7.05 Å². The number of aryl methyl sites for hydroxylation is 1. The Morgan fingerprint density at radius 1 is 0.833 bits per heavy atom. The van der Waals surface area contributed by atoms with Gasteiger partial charge in [-0.25, -0.2) is 0 Å². The maximum Gasteiger partial charge on any atom is 0.246 e. The summed E-state index contributed by atoms with van der Waals surface area (Å²) >= 11 is 0. The standard InChI is InChI=1S/C32H37N5O5/c1-36-23(19-22-12-5-6-14-27(22)36)20-25-30(40)35-26(18-21-10-3-2-4-11-21)32(42)37-16-9-15-28(37)31(41)33-24(29(39)34-25)13-7-8-17-38/h2-6,10-12,14,17,19,24-26,28H,7-9,13,15-16,18,20H2,1H3,(H,33,41)(H,34,39)(H,35,40)/t24-,25-,26-,28+/m0/s1. The first-order chi connectivity index (χ1) is 20.4. The Morgan fingerprint density at radius 3 is 2.29 bits per heavy atom. The summed E-state index contributed by atoms with van der Waals surface area (Å²) < 4.78 is 1.98. The van der Waals surface area contributed by atoms with E-state index in [-0.39, 0.29) is 31.6 Å². The van der Waals surface area contributed by atoms with E-state index in [9.17, 15) is 24.0 Å². The Bertz CT molecular complexity index is 1470. The number of para-hydroxylation sites is 1. The summed E-state index contributed by atoms with van der Waals surface area (Å²) in [6.45, 7) is 0.388. The van der Waals surface area contributed by atoms with Gasteiger partial charge in [-0.1, -0.05) is 48.5 Å². The monoisotopic (exact) mass is 571 g/mol. The van der Waals surface area contributed by atoms with Crippen LogP contribution in [0.3, 0.4) is 0 Å². The van der Waals surface area contributed by atoms with Crippen molar-refractivity contribution in [3.8, 4) is 0 Å². The zero-order valence-corrected chi connectivity index (χ0v) is 23.8. The van der Waals surface area contributed by atoms with Gasteiger partial charge in [0.1, 0.15) is 30.5 Å². The number of carbonyl (C=O) groups is 5. The molecule has 0 spiro atoms. The van der Waals surface area contributed by atoms with Crippen molar-refractivity contribution < 1.29 is 24.0 Å². The molecule has 3 heterocycles. The lowest BCUT2D eigenvalue weighted by Crippen LogP contribution is -2.62. The van der Waals surface area contributed by atoms with Crippen LogP contribution in [-0.2, 0) is 43.9 Å². The summed E-state index contributed by atoms with van der Waals surface area (Å²) in [6, 6.07) is 15.6.